The maximum atomic E-state index is 11.2. The van der Waals surface area contributed by atoms with Crippen molar-refractivity contribution in [1.82, 2.24) is 19.5 Å². The van der Waals surface area contributed by atoms with Crippen molar-refractivity contribution in [1.29, 1.82) is 0 Å². The van der Waals surface area contributed by atoms with Gasteiger partial charge in [-0.15, -0.1) is 0 Å². The SMILES string of the molecule is CN=C(NCCNS(C)(=O)=O)N(C)Cc1cc(C)n(-c2ccc(OC)cc2)c1C. The van der Waals surface area contributed by atoms with Crippen LogP contribution >= 0.6 is 0 Å². The number of sulfonamides is 1. The summed E-state index contributed by atoms with van der Waals surface area (Å²) in [5.74, 6) is 1.53. The third-order valence-corrected chi connectivity index (χ3v) is 5.35. The van der Waals surface area contributed by atoms with Crippen LogP contribution in [0.3, 0.4) is 0 Å². The Labute approximate surface area is 173 Å². The average Bonchev–Trinajstić information content (AvgIpc) is 2.94. The summed E-state index contributed by atoms with van der Waals surface area (Å²) in [4.78, 5) is 6.30. The first kappa shape index (κ1) is 22.8. The highest BCUT2D eigenvalue weighted by atomic mass is 32.2. The van der Waals surface area contributed by atoms with E-state index in [1.165, 1.54) is 5.56 Å². The van der Waals surface area contributed by atoms with E-state index in [4.69, 9.17) is 4.74 Å². The summed E-state index contributed by atoms with van der Waals surface area (Å²) < 4.78 is 32.2. The van der Waals surface area contributed by atoms with Gasteiger partial charge in [-0.3, -0.25) is 4.99 Å². The Balaban J connectivity index is 2.08. The lowest BCUT2D eigenvalue weighted by atomic mass is 10.2. The lowest BCUT2D eigenvalue weighted by Gasteiger charge is -2.22. The standard InChI is InChI=1S/C20H31N5O3S/c1-15-13-17(16(2)25(15)18-7-9-19(28-5)10-8-18)14-24(4)20(21-3)22-11-12-23-29(6,26)27/h7-10,13,23H,11-12,14H2,1-6H3,(H,21,22). The average molecular weight is 422 g/mol. The second-order valence-corrected chi connectivity index (χ2v) is 8.76. The number of hydrogen-bond donors (Lipinski definition) is 2. The molecule has 0 saturated carbocycles. The van der Waals surface area contributed by atoms with Crippen LogP contribution in [-0.4, -0.2) is 64.4 Å². The molecule has 0 saturated heterocycles. The molecule has 0 radical (unpaired) electrons. The van der Waals surface area contributed by atoms with E-state index < -0.39 is 10.0 Å². The fourth-order valence-corrected chi connectivity index (χ4v) is 3.72. The summed E-state index contributed by atoms with van der Waals surface area (Å²) in [6, 6.07) is 10.2. The molecule has 0 atom stereocenters. The molecule has 160 valence electrons. The van der Waals surface area contributed by atoms with Crippen LogP contribution < -0.4 is 14.8 Å². The van der Waals surface area contributed by atoms with E-state index in [1.807, 2.05) is 36.2 Å². The number of nitrogens with one attached hydrogen (secondary N) is 2. The number of guanidine groups is 1. The third kappa shape index (κ3) is 6.23. The van der Waals surface area contributed by atoms with Crippen LogP contribution in [0, 0.1) is 13.8 Å². The summed E-state index contributed by atoms with van der Waals surface area (Å²) in [7, 11) is 2.14. The predicted molar refractivity (Wildman–Crippen MR) is 117 cm³/mol. The number of ether oxygens (including phenoxy) is 1. The van der Waals surface area contributed by atoms with Crippen LogP contribution in [0.1, 0.15) is 17.0 Å². The van der Waals surface area contributed by atoms with E-state index in [1.54, 1.807) is 14.2 Å². The van der Waals surface area contributed by atoms with Crippen molar-refractivity contribution in [2.75, 3.05) is 40.6 Å². The molecule has 2 rings (SSSR count). The van der Waals surface area contributed by atoms with Crippen molar-refractivity contribution in [3.05, 3.63) is 47.3 Å². The van der Waals surface area contributed by atoms with E-state index in [9.17, 15) is 8.42 Å². The highest BCUT2D eigenvalue weighted by Gasteiger charge is 2.14. The quantitative estimate of drug-likeness (QED) is 0.385. The van der Waals surface area contributed by atoms with Gasteiger partial charge in [-0.05, 0) is 49.7 Å². The van der Waals surface area contributed by atoms with Crippen molar-refractivity contribution in [3.8, 4) is 11.4 Å². The Morgan fingerprint density at radius 1 is 1.21 bits per heavy atom. The van der Waals surface area contributed by atoms with Crippen molar-refractivity contribution >= 4 is 16.0 Å². The fraction of sp³-hybridized carbons (Fsp3) is 0.450. The zero-order valence-electron chi connectivity index (χ0n) is 18.0. The van der Waals surface area contributed by atoms with Gasteiger partial charge in [0.05, 0.1) is 13.4 Å². The highest BCUT2D eigenvalue weighted by Crippen LogP contribution is 2.23. The van der Waals surface area contributed by atoms with Crippen LogP contribution in [0.2, 0.25) is 0 Å². The molecular formula is C20H31N5O3S. The molecule has 0 aliphatic rings. The molecule has 29 heavy (non-hydrogen) atoms. The van der Waals surface area contributed by atoms with Crippen molar-refractivity contribution in [2.45, 2.75) is 20.4 Å². The van der Waals surface area contributed by atoms with Crippen LogP contribution in [0.15, 0.2) is 35.3 Å². The first-order valence-electron chi connectivity index (χ1n) is 9.35. The van der Waals surface area contributed by atoms with Gasteiger partial charge in [0.1, 0.15) is 5.75 Å². The molecule has 1 aromatic heterocycles. The fourth-order valence-electron chi connectivity index (χ4n) is 3.24. The highest BCUT2D eigenvalue weighted by molar-refractivity contribution is 7.88. The Morgan fingerprint density at radius 3 is 2.41 bits per heavy atom. The molecule has 0 amide bonds. The molecule has 2 N–H and O–H groups in total. The lowest BCUT2D eigenvalue weighted by molar-refractivity contribution is 0.414. The second kappa shape index (κ2) is 9.80. The number of hydrogen-bond acceptors (Lipinski definition) is 4. The van der Waals surface area contributed by atoms with Gasteiger partial charge in [0.15, 0.2) is 5.96 Å². The maximum Gasteiger partial charge on any atom is 0.208 e. The number of nitrogens with zero attached hydrogens (tertiary/aromatic N) is 3. The molecule has 9 heteroatoms. The summed E-state index contributed by atoms with van der Waals surface area (Å²) in [6.07, 6.45) is 1.15. The number of aryl methyl sites for hydroxylation is 1. The van der Waals surface area contributed by atoms with Crippen LogP contribution in [-0.2, 0) is 16.6 Å². The molecule has 2 aromatic rings. The second-order valence-electron chi connectivity index (χ2n) is 6.93. The monoisotopic (exact) mass is 421 g/mol. The molecule has 0 aliphatic heterocycles. The largest absolute Gasteiger partial charge is 0.497 e. The zero-order valence-corrected chi connectivity index (χ0v) is 18.8. The number of aromatic nitrogens is 1. The first-order valence-corrected chi connectivity index (χ1v) is 11.2. The van der Waals surface area contributed by atoms with Gasteiger partial charge in [-0.1, -0.05) is 0 Å². The van der Waals surface area contributed by atoms with Crippen molar-refractivity contribution in [2.24, 2.45) is 4.99 Å². The molecule has 0 fully saturated rings. The van der Waals surface area contributed by atoms with Gasteiger partial charge in [0.25, 0.3) is 0 Å². The van der Waals surface area contributed by atoms with Gasteiger partial charge < -0.3 is 19.5 Å². The zero-order chi connectivity index (χ0) is 21.6. The van der Waals surface area contributed by atoms with E-state index in [-0.39, 0.29) is 0 Å². The number of benzene rings is 1. The first-order chi connectivity index (χ1) is 13.7. The molecule has 8 nitrogen and oxygen atoms in total. The van der Waals surface area contributed by atoms with Gasteiger partial charge >= 0.3 is 0 Å². The van der Waals surface area contributed by atoms with Gasteiger partial charge in [-0.25, -0.2) is 13.1 Å². The minimum absolute atomic E-state index is 0.303. The normalized spacial score (nSPS) is 12.1. The molecule has 1 heterocycles. The van der Waals surface area contributed by atoms with E-state index in [0.29, 0.717) is 25.6 Å². The van der Waals surface area contributed by atoms with E-state index in [0.717, 1.165) is 29.1 Å². The number of aliphatic imine (C=N–C) groups is 1. The Morgan fingerprint density at radius 2 is 1.86 bits per heavy atom. The predicted octanol–water partition coefficient (Wildman–Crippen LogP) is 1.66. The van der Waals surface area contributed by atoms with E-state index >= 15 is 0 Å². The molecular weight excluding hydrogens is 390 g/mol. The molecule has 0 spiro atoms. The Hall–Kier alpha value is -2.52. The van der Waals surface area contributed by atoms with Crippen molar-refractivity contribution in [3.63, 3.8) is 0 Å². The molecule has 1 aromatic carbocycles. The summed E-state index contributed by atoms with van der Waals surface area (Å²) in [5.41, 5.74) is 4.59. The number of rotatable bonds is 8. The summed E-state index contributed by atoms with van der Waals surface area (Å²) in [6.45, 7) is 5.62. The molecule has 0 unspecified atom stereocenters. The maximum absolute atomic E-state index is 11.2. The van der Waals surface area contributed by atoms with Gasteiger partial charge in [0.2, 0.25) is 10.0 Å². The lowest BCUT2D eigenvalue weighted by Crippen LogP contribution is -2.42. The summed E-state index contributed by atoms with van der Waals surface area (Å²) >= 11 is 0. The van der Waals surface area contributed by atoms with E-state index in [2.05, 4.69) is 39.5 Å². The minimum atomic E-state index is -3.19. The van der Waals surface area contributed by atoms with Gasteiger partial charge in [0, 0.05) is 50.8 Å². The minimum Gasteiger partial charge on any atom is -0.497 e. The Kier molecular flexibility index (Phi) is 7.69. The topological polar surface area (TPSA) is 88.0 Å². The Bertz CT molecular complexity index is 949. The molecule has 0 bridgehead atoms. The van der Waals surface area contributed by atoms with Crippen LogP contribution in [0.4, 0.5) is 0 Å². The third-order valence-electron chi connectivity index (χ3n) is 4.62. The summed E-state index contributed by atoms with van der Waals surface area (Å²) in [5, 5.41) is 3.18. The smallest absolute Gasteiger partial charge is 0.208 e. The van der Waals surface area contributed by atoms with Crippen molar-refractivity contribution < 1.29 is 13.2 Å². The van der Waals surface area contributed by atoms with Gasteiger partial charge in [-0.2, -0.15) is 0 Å². The van der Waals surface area contributed by atoms with Crippen LogP contribution in [0.5, 0.6) is 5.75 Å². The van der Waals surface area contributed by atoms with Crippen LogP contribution in [0.25, 0.3) is 5.69 Å². The number of methoxy groups -OCH3 is 1. The molecule has 0 aliphatic carbocycles.